The van der Waals surface area contributed by atoms with Crippen molar-refractivity contribution >= 4 is 28.5 Å². The molecule has 3 N–H and O–H groups in total. The number of halogens is 1. The van der Waals surface area contributed by atoms with Crippen molar-refractivity contribution in [3.63, 3.8) is 0 Å². The maximum atomic E-state index is 11.1. The minimum Gasteiger partial charge on any atom is -0.371 e. The highest BCUT2D eigenvalue weighted by molar-refractivity contribution is 6.68. The van der Waals surface area contributed by atoms with Crippen molar-refractivity contribution in [3.05, 3.63) is 5.56 Å². The maximum Gasteiger partial charge on any atom is 0.260 e. The number of aromatic nitrogens is 2. The van der Waals surface area contributed by atoms with Gasteiger partial charge in [-0.15, -0.1) is 5.10 Å². The van der Waals surface area contributed by atoms with Gasteiger partial charge in [-0.25, -0.2) is 0 Å². The molecule has 0 saturated heterocycles. The predicted octanol–water partition coefficient (Wildman–Crippen LogP) is 0.519. The summed E-state index contributed by atoms with van der Waals surface area (Å²) in [7, 11) is 5.05. The van der Waals surface area contributed by atoms with Crippen LogP contribution in [0, 0.1) is 0 Å². The SMILES string of the molecule is CNc1nn(NC)c(NC)c1C(=O)Cl. The molecule has 7 heteroatoms. The first kappa shape index (κ1) is 10.6. The fourth-order valence-electron chi connectivity index (χ4n) is 1.17. The van der Waals surface area contributed by atoms with Crippen LogP contribution in [-0.4, -0.2) is 36.3 Å². The van der Waals surface area contributed by atoms with Crippen LogP contribution in [0.15, 0.2) is 0 Å². The molecule has 0 spiro atoms. The van der Waals surface area contributed by atoms with E-state index in [1.165, 1.54) is 4.79 Å². The Kier molecular flexibility index (Phi) is 3.19. The Morgan fingerprint density at radius 3 is 2.36 bits per heavy atom. The van der Waals surface area contributed by atoms with Crippen LogP contribution in [0.25, 0.3) is 0 Å². The second kappa shape index (κ2) is 4.19. The van der Waals surface area contributed by atoms with Gasteiger partial charge in [0.15, 0.2) is 11.6 Å². The van der Waals surface area contributed by atoms with E-state index >= 15 is 0 Å². The number of carbonyl (C=O) groups excluding carboxylic acids is 1. The number of hydrogen-bond acceptors (Lipinski definition) is 5. The normalized spacial score (nSPS) is 9.71. The third kappa shape index (κ3) is 1.60. The average molecular weight is 218 g/mol. The molecule has 0 bridgehead atoms. The van der Waals surface area contributed by atoms with Crippen molar-refractivity contribution in [2.24, 2.45) is 0 Å². The van der Waals surface area contributed by atoms with Crippen LogP contribution in [0.3, 0.4) is 0 Å². The molecule has 0 radical (unpaired) electrons. The molecule has 78 valence electrons. The minimum absolute atomic E-state index is 0.325. The Morgan fingerprint density at radius 1 is 1.36 bits per heavy atom. The number of rotatable bonds is 4. The van der Waals surface area contributed by atoms with Crippen molar-refractivity contribution in [2.75, 3.05) is 37.2 Å². The third-order valence-electron chi connectivity index (χ3n) is 1.77. The van der Waals surface area contributed by atoms with Gasteiger partial charge in [-0.3, -0.25) is 4.79 Å². The van der Waals surface area contributed by atoms with Gasteiger partial charge in [0.05, 0.1) is 0 Å². The van der Waals surface area contributed by atoms with Crippen LogP contribution in [0.1, 0.15) is 10.4 Å². The molecule has 0 aliphatic heterocycles. The van der Waals surface area contributed by atoms with Gasteiger partial charge < -0.3 is 16.1 Å². The summed E-state index contributed by atoms with van der Waals surface area (Å²) in [6.45, 7) is 0. The summed E-state index contributed by atoms with van der Waals surface area (Å²) in [5.74, 6) is 0.959. The third-order valence-corrected chi connectivity index (χ3v) is 1.96. The molecule has 0 aliphatic carbocycles. The number of anilines is 2. The monoisotopic (exact) mass is 217 g/mol. The van der Waals surface area contributed by atoms with E-state index in [1.807, 2.05) is 0 Å². The van der Waals surface area contributed by atoms with E-state index in [0.717, 1.165) is 0 Å². The highest BCUT2D eigenvalue weighted by atomic mass is 35.5. The molecule has 0 fully saturated rings. The largest absolute Gasteiger partial charge is 0.371 e. The lowest BCUT2D eigenvalue weighted by Gasteiger charge is -2.04. The fourth-order valence-corrected chi connectivity index (χ4v) is 1.35. The van der Waals surface area contributed by atoms with Crippen LogP contribution >= 0.6 is 11.6 Å². The van der Waals surface area contributed by atoms with Crippen LogP contribution in [0.4, 0.5) is 11.6 Å². The second-order valence-corrected chi connectivity index (χ2v) is 2.82. The molecule has 1 aromatic rings. The highest BCUT2D eigenvalue weighted by Gasteiger charge is 2.20. The molecular formula is C7H12ClN5O. The van der Waals surface area contributed by atoms with E-state index < -0.39 is 5.24 Å². The molecule has 1 aromatic heterocycles. The first-order chi connectivity index (χ1) is 6.65. The second-order valence-electron chi connectivity index (χ2n) is 2.48. The zero-order valence-electron chi connectivity index (χ0n) is 8.18. The first-order valence-electron chi connectivity index (χ1n) is 4.01. The summed E-state index contributed by atoms with van der Waals surface area (Å²) >= 11 is 5.44. The van der Waals surface area contributed by atoms with E-state index in [2.05, 4.69) is 21.2 Å². The molecule has 14 heavy (non-hydrogen) atoms. The van der Waals surface area contributed by atoms with Crippen LogP contribution in [-0.2, 0) is 0 Å². The van der Waals surface area contributed by atoms with E-state index in [4.69, 9.17) is 11.6 Å². The van der Waals surface area contributed by atoms with E-state index in [-0.39, 0.29) is 0 Å². The van der Waals surface area contributed by atoms with Crippen molar-refractivity contribution < 1.29 is 4.79 Å². The topological polar surface area (TPSA) is 71.0 Å². The smallest absolute Gasteiger partial charge is 0.260 e. The summed E-state index contributed by atoms with van der Waals surface area (Å²) < 4.78 is 0. The quantitative estimate of drug-likeness (QED) is 0.642. The summed E-state index contributed by atoms with van der Waals surface area (Å²) in [6, 6.07) is 0. The lowest BCUT2D eigenvalue weighted by atomic mass is 10.3. The number of hydrogen-bond donors (Lipinski definition) is 3. The molecule has 1 heterocycles. The Balaban J connectivity index is 3.33. The zero-order chi connectivity index (χ0) is 10.7. The van der Waals surface area contributed by atoms with Crippen molar-refractivity contribution in [2.45, 2.75) is 0 Å². The highest BCUT2D eigenvalue weighted by Crippen LogP contribution is 2.24. The Bertz CT molecular complexity index is 348. The molecular weight excluding hydrogens is 206 g/mol. The fraction of sp³-hybridized carbons (Fsp3) is 0.429. The summed E-state index contributed by atoms with van der Waals surface area (Å²) in [5, 5.41) is 9.14. The molecule has 0 aliphatic rings. The number of carbonyl (C=O) groups is 1. The summed E-state index contributed by atoms with van der Waals surface area (Å²) in [6.07, 6.45) is 0. The van der Waals surface area contributed by atoms with Gasteiger partial charge in [-0.1, -0.05) is 0 Å². The first-order valence-corrected chi connectivity index (χ1v) is 4.39. The van der Waals surface area contributed by atoms with Crippen molar-refractivity contribution in [3.8, 4) is 0 Å². The van der Waals surface area contributed by atoms with E-state index in [1.54, 1.807) is 21.1 Å². The lowest BCUT2D eigenvalue weighted by molar-refractivity contribution is 0.108. The molecule has 0 unspecified atom stereocenters. The van der Waals surface area contributed by atoms with Crippen LogP contribution < -0.4 is 16.1 Å². The minimum atomic E-state index is -0.555. The van der Waals surface area contributed by atoms with Crippen molar-refractivity contribution in [1.82, 2.24) is 9.89 Å². The van der Waals surface area contributed by atoms with E-state index in [9.17, 15) is 4.79 Å². The number of nitrogens with one attached hydrogen (secondary N) is 3. The van der Waals surface area contributed by atoms with Gasteiger partial charge in [-0.05, 0) is 11.6 Å². The Hall–Kier alpha value is -1.43. The van der Waals surface area contributed by atoms with Gasteiger partial charge in [0, 0.05) is 21.1 Å². The predicted molar refractivity (Wildman–Crippen MR) is 56.8 cm³/mol. The molecule has 6 nitrogen and oxygen atoms in total. The van der Waals surface area contributed by atoms with Crippen LogP contribution in [0.5, 0.6) is 0 Å². The van der Waals surface area contributed by atoms with Gasteiger partial charge >= 0.3 is 0 Å². The molecule has 0 aromatic carbocycles. The Labute approximate surface area is 86.6 Å². The molecule has 0 amide bonds. The molecule has 1 rings (SSSR count). The molecule has 0 atom stereocenters. The summed E-state index contributed by atoms with van der Waals surface area (Å²) in [4.78, 5) is 12.6. The zero-order valence-corrected chi connectivity index (χ0v) is 8.94. The summed E-state index contributed by atoms with van der Waals surface area (Å²) in [5.41, 5.74) is 3.11. The van der Waals surface area contributed by atoms with Crippen molar-refractivity contribution in [1.29, 1.82) is 0 Å². The van der Waals surface area contributed by atoms with Crippen LogP contribution in [0.2, 0.25) is 0 Å². The van der Waals surface area contributed by atoms with Gasteiger partial charge in [0.2, 0.25) is 0 Å². The van der Waals surface area contributed by atoms with Gasteiger partial charge in [0.25, 0.3) is 5.24 Å². The Morgan fingerprint density at radius 2 is 2.00 bits per heavy atom. The maximum absolute atomic E-state index is 11.1. The lowest BCUT2D eigenvalue weighted by Crippen LogP contribution is -2.14. The van der Waals surface area contributed by atoms with Gasteiger partial charge in [0.1, 0.15) is 5.56 Å². The number of nitrogens with zero attached hydrogens (tertiary/aromatic N) is 2. The van der Waals surface area contributed by atoms with E-state index in [0.29, 0.717) is 17.2 Å². The molecule has 0 saturated carbocycles. The standard InChI is InChI=1S/C7H12ClN5O/c1-9-6-4(5(8)14)7(10-2)13(11-3)12-6/h10-11H,1-3H3,(H,9,12). The van der Waals surface area contributed by atoms with Gasteiger partial charge in [-0.2, -0.15) is 4.79 Å². The average Bonchev–Trinajstić information content (AvgIpc) is 2.54.